The van der Waals surface area contributed by atoms with E-state index in [-0.39, 0.29) is 0 Å². The zero-order valence-corrected chi connectivity index (χ0v) is 17.3. The van der Waals surface area contributed by atoms with Gasteiger partial charge in [0.25, 0.3) is 5.91 Å². The van der Waals surface area contributed by atoms with Crippen molar-refractivity contribution in [3.8, 4) is 0 Å². The van der Waals surface area contributed by atoms with Gasteiger partial charge in [-0.25, -0.2) is 9.18 Å². The molecular formula is C24H22FN3O3. The van der Waals surface area contributed by atoms with Crippen LogP contribution in [0.25, 0.3) is 10.8 Å². The Hall–Kier alpha value is -3.74. The summed E-state index contributed by atoms with van der Waals surface area (Å²) < 4.78 is 13.2. The van der Waals surface area contributed by atoms with Crippen molar-refractivity contribution in [3.05, 3.63) is 78.1 Å². The van der Waals surface area contributed by atoms with E-state index < -0.39 is 35.7 Å². The highest BCUT2D eigenvalue weighted by Gasteiger charge is 2.49. The maximum atomic E-state index is 13.2. The fourth-order valence-electron chi connectivity index (χ4n) is 3.88. The summed E-state index contributed by atoms with van der Waals surface area (Å²) in [6.07, 6.45) is 0. The third-order valence-corrected chi connectivity index (χ3v) is 5.65. The third-order valence-electron chi connectivity index (χ3n) is 5.65. The van der Waals surface area contributed by atoms with E-state index >= 15 is 0 Å². The molecule has 158 valence electrons. The number of hydrogen-bond donors (Lipinski definition) is 1. The molecule has 0 bridgehead atoms. The maximum Gasteiger partial charge on any atom is 0.325 e. The van der Waals surface area contributed by atoms with Crippen LogP contribution in [0.1, 0.15) is 19.4 Å². The van der Waals surface area contributed by atoms with Gasteiger partial charge in [-0.05, 0) is 60.5 Å². The first kappa shape index (κ1) is 20.5. The number of nitrogens with zero attached hydrogens (tertiary/aromatic N) is 2. The van der Waals surface area contributed by atoms with Gasteiger partial charge in [0, 0.05) is 12.2 Å². The van der Waals surface area contributed by atoms with Gasteiger partial charge in [-0.15, -0.1) is 0 Å². The lowest BCUT2D eigenvalue weighted by Gasteiger charge is -2.25. The lowest BCUT2D eigenvalue weighted by Crippen LogP contribution is -2.44. The van der Waals surface area contributed by atoms with Gasteiger partial charge in [0.1, 0.15) is 17.9 Å². The quantitative estimate of drug-likeness (QED) is 0.640. The zero-order valence-electron chi connectivity index (χ0n) is 17.3. The van der Waals surface area contributed by atoms with E-state index in [1.807, 2.05) is 42.5 Å². The van der Waals surface area contributed by atoms with Gasteiger partial charge in [-0.1, -0.05) is 36.4 Å². The van der Waals surface area contributed by atoms with Crippen LogP contribution in [0.2, 0.25) is 0 Å². The van der Waals surface area contributed by atoms with E-state index in [0.717, 1.165) is 15.7 Å². The van der Waals surface area contributed by atoms with E-state index in [1.165, 1.54) is 29.2 Å². The molecule has 1 atom stereocenters. The van der Waals surface area contributed by atoms with E-state index in [4.69, 9.17) is 0 Å². The van der Waals surface area contributed by atoms with Gasteiger partial charge in [0.2, 0.25) is 5.91 Å². The van der Waals surface area contributed by atoms with Crippen molar-refractivity contribution in [1.82, 2.24) is 10.2 Å². The summed E-state index contributed by atoms with van der Waals surface area (Å²) in [6.45, 7) is 3.32. The van der Waals surface area contributed by atoms with Gasteiger partial charge in [0.15, 0.2) is 0 Å². The number of likely N-dealkylation sites (N-methyl/N-ethyl adjacent to an activating group) is 1. The minimum atomic E-state index is -1.27. The highest BCUT2D eigenvalue weighted by atomic mass is 19.1. The SMILES string of the molecule is CCN(C(=O)CN1C(=O)NC(C)(c2ccc3ccccc3c2)C1=O)c1ccc(F)cc1. The first-order valence-corrected chi connectivity index (χ1v) is 10.0. The van der Waals surface area contributed by atoms with Crippen LogP contribution in [0.3, 0.4) is 0 Å². The number of hydrogen-bond acceptors (Lipinski definition) is 3. The monoisotopic (exact) mass is 419 g/mol. The molecule has 1 aliphatic rings. The van der Waals surface area contributed by atoms with Crippen LogP contribution in [0.5, 0.6) is 0 Å². The summed E-state index contributed by atoms with van der Waals surface area (Å²) in [5.74, 6) is -1.33. The van der Waals surface area contributed by atoms with Crippen molar-refractivity contribution < 1.29 is 18.8 Å². The van der Waals surface area contributed by atoms with Crippen molar-refractivity contribution >= 4 is 34.3 Å². The summed E-state index contributed by atoms with van der Waals surface area (Å²) in [4.78, 5) is 41.1. The Morgan fingerprint density at radius 1 is 1.03 bits per heavy atom. The second kappa shape index (κ2) is 7.83. The molecule has 4 amide bonds. The average molecular weight is 419 g/mol. The van der Waals surface area contributed by atoms with Crippen LogP contribution in [0, 0.1) is 5.82 Å². The second-order valence-corrected chi connectivity index (χ2v) is 7.62. The normalized spacial score (nSPS) is 18.4. The van der Waals surface area contributed by atoms with Crippen LogP contribution in [0.15, 0.2) is 66.7 Å². The van der Waals surface area contributed by atoms with E-state index in [0.29, 0.717) is 17.8 Å². The first-order chi connectivity index (χ1) is 14.8. The maximum absolute atomic E-state index is 13.2. The Morgan fingerprint density at radius 3 is 2.39 bits per heavy atom. The van der Waals surface area contributed by atoms with E-state index in [9.17, 15) is 18.8 Å². The lowest BCUT2D eigenvalue weighted by atomic mass is 9.90. The number of benzene rings is 3. The van der Waals surface area contributed by atoms with Gasteiger partial charge in [-0.2, -0.15) is 0 Å². The Labute approximate surface area is 179 Å². The predicted octanol–water partition coefficient (Wildman–Crippen LogP) is 3.80. The number of nitrogens with one attached hydrogen (secondary N) is 1. The molecule has 0 radical (unpaired) electrons. The van der Waals surface area contributed by atoms with Gasteiger partial charge in [-0.3, -0.25) is 14.5 Å². The third kappa shape index (κ3) is 3.63. The molecule has 0 spiro atoms. The van der Waals surface area contributed by atoms with Crippen LogP contribution in [-0.2, 0) is 15.1 Å². The fraction of sp³-hybridized carbons (Fsp3) is 0.208. The molecular weight excluding hydrogens is 397 g/mol. The molecule has 1 saturated heterocycles. The molecule has 0 aromatic heterocycles. The van der Waals surface area contributed by atoms with Crippen molar-refractivity contribution in [2.75, 3.05) is 18.0 Å². The van der Waals surface area contributed by atoms with Crippen LogP contribution in [0.4, 0.5) is 14.9 Å². The topological polar surface area (TPSA) is 69.7 Å². The number of halogens is 1. The molecule has 1 fully saturated rings. The van der Waals surface area contributed by atoms with E-state index in [1.54, 1.807) is 13.8 Å². The van der Waals surface area contributed by atoms with Crippen molar-refractivity contribution in [1.29, 1.82) is 0 Å². The molecule has 31 heavy (non-hydrogen) atoms. The van der Waals surface area contributed by atoms with Gasteiger partial charge < -0.3 is 10.2 Å². The number of amides is 4. The van der Waals surface area contributed by atoms with Crippen molar-refractivity contribution in [2.45, 2.75) is 19.4 Å². The minimum Gasteiger partial charge on any atom is -0.319 e. The second-order valence-electron chi connectivity index (χ2n) is 7.62. The lowest BCUT2D eigenvalue weighted by molar-refractivity contribution is -0.134. The Morgan fingerprint density at radius 2 is 1.71 bits per heavy atom. The molecule has 3 aromatic rings. The smallest absolute Gasteiger partial charge is 0.319 e. The number of fused-ring (bicyclic) bond motifs is 1. The fourth-order valence-corrected chi connectivity index (χ4v) is 3.88. The largest absolute Gasteiger partial charge is 0.325 e. The number of carbonyl (C=O) groups excluding carboxylic acids is 3. The van der Waals surface area contributed by atoms with Crippen molar-refractivity contribution in [2.24, 2.45) is 0 Å². The standard InChI is InChI=1S/C24H22FN3O3/c1-3-27(20-12-10-19(25)11-13-20)21(29)15-28-22(30)24(2,26-23(28)31)18-9-8-16-6-4-5-7-17(16)14-18/h4-14H,3,15H2,1-2H3,(H,26,31). The Kier molecular flexibility index (Phi) is 5.19. The summed E-state index contributed by atoms with van der Waals surface area (Å²) in [7, 11) is 0. The molecule has 4 rings (SSSR count). The highest BCUT2D eigenvalue weighted by molar-refractivity contribution is 6.10. The van der Waals surface area contributed by atoms with Gasteiger partial charge in [0.05, 0.1) is 0 Å². The predicted molar refractivity (Wildman–Crippen MR) is 116 cm³/mol. The summed E-state index contributed by atoms with van der Waals surface area (Å²) in [5.41, 5.74) is -0.127. The summed E-state index contributed by atoms with van der Waals surface area (Å²) >= 11 is 0. The van der Waals surface area contributed by atoms with Crippen molar-refractivity contribution in [3.63, 3.8) is 0 Å². The van der Waals surface area contributed by atoms with Gasteiger partial charge >= 0.3 is 6.03 Å². The van der Waals surface area contributed by atoms with E-state index in [2.05, 4.69) is 5.32 Å². The number of rotatable bonds is 5. The zero-order chi connectivity index (χ0) is 22.2. The molecule has 6 nitrogen and oxygen atoms in total. The Bertz CT molecular complexity index is 1180. The number of anilines is 1. The molecule has 1 N–H and O–H groups in total. The molecule has 7 heteroatoms. The molecule has 1 heterocycles. The molecule has 3 aromatic carbocycles. The average Bonchev–Trinajstić information content (AvgIpc) is 2.99. The molecule has 0 saturated carbocycles. The molecule has 1 aliphatic heterocycles. The van der Waals surface area contributed by atoms with Crippen LogP contribution in [-0.4, -0.2) is 35.8 Å². The number of urea groups is 1. The number of imide groups is 1. The summed E-state index contributed by atoms with van der Waals surface area (Å²) in [5, 5.41) is 4.71. The summed E-state index contributed by atoms with van der Waals surface area (Å²) in [6, 6.07) is 18.2. The van der Waals surface area contributed by atoms with Crippen LogP contribution < -0.4 is 10.2 Å². The highest BCUT2D eigenvalue weighted by Crippen LogP contribution is 2.31. The molecule has 1 unspecified atom stereocenters. The Balaban J connectivity index is 1.58. The molecule has 0 aliphatic carbocycles. The number of carbonyl (C=O) groups is 3. The van der Waals surface area contributed by atoms with Crippen LogP contribution >= 0.6 is 0 Å². The first-order valence-electron chi connectivity index (χ1n) is 10.0. The minimum absolute atomic E-state index is 0.316.